The highest BCUT2D eigenvalue weighted by Gasteiger charge is 2.30. The Bertz CT molecular complexity index is 863. The number of nitrogens with one attached hydrogen (secondary N) is 1. The lowest BCUT2D eigenvalue weighted by molar-refractivity contribution is -0.145. The van der Waals surface area contributed by atoms with Crippen molar-refractivity contribution < 1.29 is 14.4 Å². The summed E-state index contributed by atoms with van der Waals surface area (Å²) in [5.41, 5.74) is 0.857. The lowest BCUT2D eigenvalue weighted by Gasteiger charge is -2.26. The molecule has 2 aromatic carbocycles. The molecule has 136 valence electrons. The molecule has 3 rings (SSSR count). The first-order valence-electron chi connectivity index (χ1n) is 8.40. The number of benzene rings is 2. The van der Waals surface area contributed by atoms with Crippen molar-refractivity contribution in [2.24, 2.45) is 5.16 Å². The molecule has 6 nitrogen and oxygen atoms in total. The molecule has 0 bridgehead atoms. The number of halogens is 1. The van der Waals surface area contributed by atoms with E-state index in [1.165, 1.54) is 11.8 Å². The van der Waals surface area contributed by atoms with Gasteiger partial charge in [0.15, 0.2) is 6.10 Å². The Labute approximate surface area is 160 Å². The van der Waals surface area contributed by atoms with Crippen LogP contribution in [-0.2, 0) is 14.4 Å². The lowest BCUT2D eigenvalue weighted by Crippen LogP contribution is -2.47. The van der Waals surface area contributed by atoms with Crippen LogP contribution in [0.2, 0.25) is 0 Å². The quantitative estimate of drug-likeness (QED) is 0.807. The van der Waals surface area contributed by atoms with Gasteiger partial charge in [-0.15, -0.1) is 0 Å². The zero-order valence-electron chi connectivity index (χ0n) is 14.6. The number of amides is 2. The minimum absolute atomic E-state index is 0.175. The number of nitrogens with zero attached hydrogens (tertiary/aromatic N) is 2. The van der Waals surface area contributed by atoms with E-state index in [-0.39, 0.29) is 24.5 Å². The SMILES string of the molecule is CC(=O)N(CC1CC(Br)=NO1)C(=O)[C@H](C)Nc1cccc2ccccc12. The zero-order chi connectivity index (χ0) is 18.7. The summed E-state index contributed by atoms with van der Waals surface area (Å²) in [4.78, 5) is 31.3. The number of carbonyl (C=O) groups is 2. The Kier molecular flexibility index (Phi) is 5.56. The second kappa shape index (κ2) is 7.86. The molecule has 1 unspecified atom stereocenters. The second-order valence-corrected chi connectivity index (χ2v) is 7.18. The Hall–Kier alpha value is -2.41. The Balaban J connectivity index is 1.73. The smallest absolute Gasteiger partial charge is 0.251 e. The first-order chi connectivity index (χ1) is 12.5. The van der Waals surface area contributed by atoms with E-state index >= 15 is 0 Å². The predicted octanol–water partition coefficient (Wildman–Crippen LogP) is 3.51. The third-order valence-electron chi connectivity index (χ3n) is 4.26. The Morgan fingerprint density at radius 1 is 1.31 bits per heavy atom. The zero-order valence-corrected chi connectivity index (χ0v) is 16.2. The van der Waals surface area contributed by atoms with Crippen LogP contribution in [-0.4, -0.2) is 40.0 Å². The number of anilines is 1. The number of carbonyl (C=O) groups excluding carboxylic acids is 2. The summed E-state index contributed by atoms with van der Waals surface area (Å²) in [5.74, 6) is -0.606. The number of rotatable bonds is 5. The maximum absolute atomic E-state index is 12.8. The van der Waals surface area contributed by atoms with Gasteiger partial charge < -0.3 is 10.2 Å². The van der Waals surface area contributed by atoms with Crippen LogP contribution < -0.4 is 5.32 Å². The van der Waals surface area contributed by atoms with Gasteiger partial charge >= 0.3 is 0 Å². The van der Waals surface area contributed by atoms with Crippen molar-refractivity contribution in [1.82, 2.24) is 4.90 Å². The van der Waals surface area contributed by atoms with E-state index in [0.29, 0.717) is 11.0 Å². The molecule has 0 aromatic heterocycles. The summed E-state index contributed by atoms with van der Waals surface area (Å²) in [7, 11) is 0. The Morgan fingerprint density at radius 2 is 2.04 bits per heavy atom. The molecule has 2 atom stereocenters. The standard InChI is InChI=1S/C19H20BrN3O3/c1-12(21-17-9-5-7-14-6-3-4-8-16(14)17)19(25)23(13(2)24)11-15-10-18(20)22-26-15/h3-9,12,15,21H,10-11H2,1-2H3/t12-,15?/m0/s1. The highest BCUT2D eigenvalue weighted by Crippen LogP contribution is 2.24. The van der Waals surface area contributed by atoms with Crippen molar-refractivity contribution in [3.8, 4) is 0 Å². The molecule has 0 saturated carbocycles. The van der Waals surface area contributed by atoms with Gasteiger partial charge in [-0.3, -0.25) is 14.5 Å². The normalized spacial score (nSPS) is 17.3. The van der Waals surface area contributed by atoms with Crippen LogP contribution in [0, 0.1) is 0 Å². The number of hydrogen-bond donors (Lipinski definition) is 1. The predicted molar refractivity (Wildman–Crippen MR) is 105 cm³/mol. The van der Waals surface area contributed by atoms with Crippen molar-refractivity contribution in [2.45, 2.75) is 32.4 Å². The van der Waals surface area contributed by atoms with Gasteiger partial charge in [0, 0.05) is 24.4 Å². The summed E-state index contributed by atoms with van der Waals surface area (Å²) >= 11 is 3.26. The van der Waals surface area contributed by atoms with Crippen LogP contribution in [0.3, 0.4) is 0 Å². The number of hydrogen-bond acceptors (Lipinski definition) is 5. The molecule has 0 aliphatic carbocycles. The fourth-order valence-electron chi connectivity index (χ4n) is 2.95. The molecule has 2 aromatic rings. The number of imide groups is 1. The summed E-state index contributed by atoms with van der Waals surface area (Å²) in [6.45, 7) is 3.31. The molecular weight excluding hydrogens is 398 g/mol. The van der Waals surface area contributed by atoms with Gasteiger partial charge in [0.05, 0.1) is 6.54 Å². The number of fused-ring (bicyclic) bond motifs is 1. The van der Waals surface area contributed by atoms with E-state index < -0.39 is 6.04 Å². The highest BCUT2D eigenvalue weighted by molar-refractivity contribution is 9.18. The van der Waals surface area contributed by atoms with Crippen molar-refractivity contribution in [1.29, 1.82) is 0 Å². The van der Waals surface area contributed by atoms with Gasteiger partial charge in [-0.25, -0.2) is 0 Å². The van der Waals surface area contributed by atoms with E-state index in [9.17, 15) is 9.59 Å². The van der Waals surface area contributed by atoms with Crippen molar-refractivity contribution >= 4 is 48.8 Å². The van der Waals surface area contributed by atoms with Crippen LogP contribution in [0.1, 0.15) is 20.3 Å². The van der Waals surface area contributed by atoms with Crippen LogP contribution in [0.25, 0.3) is 10.8 Å². The molecule has 1 aliphatic heterocycles. The molecule has 0 spiro atoms. The van der Waals surface area contributed by atoms with E-state index in [1.807, 2.05) is 42.5 Å². The van der Waals surface area contributed by atoms with Crippen LogP contribution >= 0.6 is 15.9 Å². The van der Waals surface area contributed by atoms with Crippen molar-refractivity contribution in [3.63, 3.8) is 0 Å². The average molecular weight is 418 g/mol. The molecule has 0 fully saturated rings. The largest absolute Gasteiger partial charge is 0.389 e. The second-order valence-electron chi connectivity index (χ2n) is 6.26. The van der Waals surface area contributed by atoms with Crippen LogP contribution in [0.4, 0.5) is 5.69 Å². The van der Waals surface area contributed by atoms with E-state index in [2.05, 4.69) is 26.4 Å². The molecule has 0 radical (unpaired) electrons. The Morgan fingerprint density at radius 3 is 2.73 bits per heavy atom. The van der Waals surface area contributed by atoms with Crippen molar-refractivity contribution in [2.75, 3.05) is 11.9 Å². The molecule has 0 saturated heterocycles. The molecule has 1 heterocycles. The molecule has 2 amide bonds. The van der Waals surface area contributed by atoms with E-state index in [0.717, 1.165) is 16.5 Å². The average Bonchev–Trinajstić information content (AvgIpc) is 3.04. The molecule has 26 heavy (non-hydrogen) atoms. The molecule has 7 heteroatoms. The molecular formula is C19H20BrN3O3. The third kappa shape index (κ3) is 4.04. The van der Waals surface area contributed by atoms with Gasteiger partial charge in [0.25, 0.3) is 5.91 Å². The summed E-state index contributed by atoms with van der Waals surface area (Å²) < 4.78 is 0.681. The summed E-state index contributed by atoms with van der Waals surface area (Å²) in [6, 6.07) is 13.3. The van der Waals surface area contributed by atoms with Crippen LogP contribution in [0.15, 0.2) is 47.6 Å². The highest BCUT2D eigenvalue weighted by atomic mass is 79.9. The van der Waals surface area contributed by atoms with Gasteiger partial charge in [-0.2, -0.15) is 0 Å². The number of oxime groups is 1. The monoisotopic (exact) mass is 417 g/mol. The van der Waals surface area contributed by atoms with Gasteiger partial charge in [-0.1, -0.05) is 41.6 Å². The van der Waals surface area contributed by atoms with Crippen molar-refractivity contribution in [3.05, 3.63) is 42.5 Å². The topological polar surface area (TPSA) is 71.0 Å². The van der Waals surface area contributed by atoms with Gasteiger partial charge in [0.2, 0.25) is 5.91 Å². The third-order valence-corrected chi connectivity index (χ3v) is 4.73. The van der Waals surface area contributed by atoms with Crippen LogP contribution in [0.5, 0.6) is 0 Å². The first-order valence-corrected chi connectivity index (χ1v) is 9.19. The maximum atomic E-state index is 12.8. The first kappa shape index (κ1) is 18.4. The minimum Gasteiger partial charge on any atom is -0.389 e. The van der Waals surface area contributed by atoms with E-state index in [1.54, 1.807) is 6.92 Å². The fourth-order valence-corrected chi connectivity index (χ4v) is 3.39. The fraction of sp³-hybridized carbons (Fsp3) is 0.316. The van der Waals surface area contributed by atoms with Gasteiger partial charge in [0.1, 0.15) is 10.7 Å². The van der Waals surface area contributed by atoms with E-state index in [4.69, 9.17) is 4.84 Å². The molecule has 1 N–H and O–H groups in total. The summed E-state index contributed by atoms with van der Waals surface area (Å²) in [6.07, 6.45) is 0.226. The minimum atomic E-state index is -0.560. The van der Waals surface area contributed by atoms with Gasteiger partial charge in [-0.05, 0) is 34.3 Å². The maximum Gasteiger partial charge on any atom is 0.251 e. The lowest BCUT2D eigenvalue weighted by atomic mass is 10.1. The molecule has 1 aliphatic rings. The summed E-state index contributed by atoms with van der Waals surface area (Å²) in [5, 5.41) is 9.15.